The van der Waals surface area contributed by atoms with Gasteiger partial charge in [0.05, 0.1) is 21.7 Å². The second-order valence-electron chi connectivity index (χ2n) is 7.01. The number of fused-ring (bicyclic) bond motifs is 1. The van der Waals surface area contributed by atoms with Crippen LogP contribution >= 0.6 is 11.8 Å². The summed E-state index contributed by atoms with van der Waals surface area (Å²) < 4.78 is 28.7. The van der Waals surface area contributed by atoms with Gasteiger partial charge in [-0.2, -0.15) is 4.31 Å². The van der Waals surface area contributed by atoms with Gasteiger partial charge >= 0.3 is 0 Å². The molecule has 30 heavy (non-hydrogen) atoms. The number of hydrogen-bond acceptors (Lipinski definition) is 5. The summed E-state index contributed by atoms with van der Waals surface area (Å²) in [6.45, 7) is 1.08. The molecule has 3 aromatic rings. The molecule has 6 nitrogen and oxygen atoms in total. The molecule has 0 N–H and O–H groups in total. The van der Waals surface area contributed by atoms with E-state index in [1.165, 1.54) is 32.8 Å². The highest BCUT2D eigenvalue weighted by molar-refractivity contribution is 7.99. The number of thioether (sulfide) groups is 1. The molecule has 154 valence electrons. The van der Waals surface area contributed by atoms with Crippen LogP contribution in [-0.4, -0.2) is 47.0 Å². The normalized spacial score (nSPS) is 15.2. The number of nitrogens with zero attached hydrogens (tertiary/aromatic N) is 3. The topological polar surface area (TPSA) is 72.3 Å². The summed E-state index contributed by atoms with van der Waals surface area (Å²) in [6, 6.07) is 13.5. The first-order valence-corrected chi connectivity index (χ1v) is 12.1. The number of terminal acetylenes is 1. The zero-order valence-corrected chi connectivity index (χ0v) is 18.0. The molecule has 0 bridgehead atoms. The Morgan fingerprint density at radius 3 is 2.47 bits per heavy atom. The first-order chi connectivity index (χ1) is 14.5. The van der Waals surface area contributed by atoms with Crippen LogP contribution in [0.4, 0.5) is 0 Å². The lowest BCUT2D eigenvalue weighted by atomic mass is 10.2. The van der Waals surface area contributed by atoms with Gasteiger partial charge in [-0.3, -0.25) is 9.36 Å². The lowest BCUT2D eigenvalue weighted by Gasteiger charge is -2.25. The van der Waals surface area contributed by atoms with Gasteiger partial charge in [-0.05, 0) is 49.2 Å². The number of imidazole rings is 1. The van der Waals surface area contributed by atoms with Gasteiger partial charge in [-0.1, -0.05) is 36.2 Å². The Labute approximate surface area is 180 Å². The second kappa shape index (κ2) is 8.64. The van der Waals surface area contributed by atoms with Crippen molar-refractivity contribution >= 4 is 38.7 Å². The van der Waals surface area contributed by atoms with Crippen molar-refractivity contribution in [3.63, 3.8) is 0 Å². The average Bonchev–Trinajstić information content (AvgIpc) is 3.16. The average molecular weight is 440 g/mol. The van der Waals surface area contributed by atoms with Crippen molar-refractivity contribution in [2.24, 2.45) is 0 Å². The predicted octanol–water partition coefficient (Wildman–Crippen LogP) is 3.62. The van der Waals surface area contributed by atoms with E-state index in [2.05, 4.69) is 10.9 Å². The Kier molecular flexibility index (Phi) is 5.95. The zero-order valence-electron chi connectivity index (χ0n) is 16.3. The standard InChI is InChI=1S/C22H21N3O3S2/c1-2-16-29-22-23-19-8-4-5-9-20(19)25(22)21(26)17-10-12-18(13-11-17)30(27,28)24-14-6-3-7-15-24/h1,4-5,8-13H,3,6-7,14-16H2. The van der Waals surface area contributed by atoms with Crippen LogP contribution in [-0.2, 0) is 10.0 Å². The van der Waals surface area contributed by atoms with Crippen LogP contribution in [0.2, 0.25) is 0 Å². The van der Waals surface area contributed by atoms with E-state index in [0.717, 1.165) is 19.3 Å². The van der Waals surface area contributed by atoms with Crippen molar-refractivity contribution in [3.05, 3.63) is 54.1 Å². The largest absolute Gasteiger partial charge is 0.268 e. The number of benzene rings is 2. The number of sulfonamides is 1. The van der Waals surface area contributed by atoms with Crippen molar-refractivity contribution in [1.29, 1.82) is 0 Å². The molecule has 2 heterocycles. The first-order valence-electron chi connectivity index (χ1n) is 9.71. The molecule has 1 aliphatic rings. The van der Waals surface area contributed by atoms with Gasteiger partial charge in [0.1, 0.15) is 0 Å². The Morgan fingerprint density at radius 1 is 1.07 bits per heavy atom. The van der Waals surface area contributed by atoms with Crippen LogP contribution in [0.1, 0.15) is 29.6 Å². The third-order valence-electron chi connectivity index (χ3n) is 5.07. The van der Waals surface area contributed by atoms with E-state index in [-0.39, 0.29) is 10.8 Å². The minimum absolute atomic E-state index is 0.207. The molecule has 1 aliphatic heterocycles. The van der Waals surface area contributed by atoms with Crippen molar-refractivity contribution < 1.29 is 13.2 Å². The molecule has 0 radical (unpaired) electrons. The molecule has 1 fully saturated rings. The van der Waals surface area contributed by atoms with Gasteiger partial charge in [0.2, 0.25) is 10.0 Å². The fourth-order valence-electron chi connectivity index (χ4n) is 3.56. The number of carbonyl (C=O) groups excluding carboxylic acids is 1. The highest BCUT2D eigenvalue weighted by atomic mass is 32.2. The number of rotatable bonds is 5. The summed E-state index contributed by atoms with van der Waals surface area (Å²) in [5.41, 5.74) is 1.78. The Hall–Kier alpha value is -2.60. The third kappa shape index (κ3) is 3.88. The number of hydrogen-bond donors (Lipinski definition) is 0. The van der Waals surface area contributed by atoms with Crippen LogP contribution in [0.3, 0.4) is 0 Å². The van der Waals surface area contributed by atoms with E-state index in [4.69, 9.17) is 6.42 Å². The Morgan fingerprint density at radius 2 is 1.77 bits per heavy atom. The van der Waals surface area contributed by atoms with Gasteiger partial charge in [0.15, 0.2) is 5.16 Å². The maximum Gasteiger partial charge on any atom is 0.264 e. The molecule has 8 heteroatoms. The molecule has 1 saturated heterocycles. The third-order valence-corrected chi connectivity index (χ3v) is 7.83. The van der Waals surface area contributed by atoms with Gasteiger partial charge in [-0.15, -0.1) is 6.42 Å². The van der Waals surface area contributed by atoms with Gasteiger partial charge in [0.25, 0.3) is 5.91 Å². The van der Waals surface area contributed by atoms with Crippen LogP contribution in [0, 0.1) is 12.3 Å². The van der Waals surface area contributed by atoms with E-state index < -0.39 is 10.0 Å². The number of piperidine rings is 1. The summed E-state index contributed by atoms with van der Waals surface area (Å²) in [5.74, 6) is 2.67. The maximum atomic E-state index is 13.3. The zero-order chi connectivity index (χ0) is 21.1. The molecule has 0 aliphatic carbocycles. The highest BCUT2D eigenvalue weighted by Crippen LogP contribution is 2.26. The fourth-order valence-corrected chi connectivity index (χ4v) is 5.76. The number of para-hydroxylation sites is 2. The number of carbonyl (C=O) groups is 1. The first kappa shape index (κ1) is 20.7. The van der Waals surface area contributed by atoms with Crippen molar-refractivity contribution in [1.82, 2.24) is 13.9 Å². The van der Waals surface area contributed by atoms with E-state index in [1.807, 2.05) is 24.3 Å². The van der Waals surface area contributed by atoms with Gasteiger partial charge in [-0.25, -0.2) is 13.4 Å². The van der Waals surface area contributed by atoms with Crippen LogP contribution < -0.4 is 0 Å². The summed E-state index contributed by atoms with van der Waals surface area (Å²) in [6.07, 6.45) is 8.18. The van der Waals surface area contributed by atoms with E-state index in [1.54, 1.807) is 12.1 Å². The van der Waals surface area contributed by atoms with Crippen molar-refractivity contribution in [3.8, 4) is 12.3 Å². The van der Waals surface area contributed by atoms with Crippen LogP contribution in [0.15, 0.2) is 58.6 Å². The lowest BCUT2D eigenvalue weighted by molar-refractivity contribution is 0.0955. The van der Waals surface area contributed by atoms with Crippen LogP contribution in [0.5, 0.6) is 0 Å². The maximum absolute atomic E-state index is 13.3. The van der Waals surface area contributed by atoms with Gasteiger partial charge in [0, 0.05) is 18.7 Å². The molecule has 1 aromatic heterocycles. The monoisotopic (exact) mass is 439 g/mol. The lowest BCUT2D eigenvalue weighted by Crippen LogP contribution is -2.35. The molecule has 0 atom stereocenters. The minimum Gasteiger partial charge on any atom is -0.268 e. The Bertz CT molecular complexity index is 1220. The number of aromatic nitrogens is 2. The van der Waals surface area contributed by atoms with Crippen molar-refractivity contribution in [2.75, 3.05) is 18.8 Å². The molecule has 0 spiro atoms. The summed E-state index contributed by atoms with van der Waals surface area (Å²) in [4.78, 5) is 18.0. The minimum atomic E-state index is -3.54. The second-order valence-corrected chi connectivity index (χ2v) is 9.89. The Balaban J connectivity index is 1.67. The molecule has 0 saturated carbocycles. The molecule has 2 aromatic carbocycles. The predicted molar refractivity (Wildman–Crippen MR) is 118 cm³/mol. The van der Waals surface area contributed by atoms with Crippen LogP contribution in [0.25, 0.3) is 11.0 Å². The van der Waals surface area contributed by atoms with Crippen molar-refractivity contribution in [2.45, 2.75) is 29.3 Å². The summed E-state index contributed by atoms with van der Waals surface area (Å²) >= 11 is 1.31. The van der Waals surface area contributed by atoms with E-state index in [0.29, 0.717) is 40.6 Å². The van der Waals surface area contributed by atoms with E-state index >= 15 is 0 Å². The highest BCUT2D eigenvalue weighted by Gasteiger charge is 2.26. The molecule has 0 unspecified atom stereocenters. The molecular formula is C22H21N3O3S2. The SMILES string of the molecule is C#CCSc1nc2ccccc2n1C(=O)c1ccc(S(=O)(=O)N2CCCCC2)cc1. The van der Waals surface area contributed by atoms with E-state index in [9.17, 15) is 13.2 Å². The fraction of sp³-hybridized carbons (Fsp3) is 0.273. The smallest absolute Gasteiger partial charge is 0.264 e. The molecule has 4 rings (SSSR count). The molecular weight excluding hydrogens is 418 g/mol. The summed E-state index contributed by atoms with van der Waals surface area (Å²) in [7, 11) is -3.54. The molecule has 0 amide bonds. The van der Waals surface area contributed by atoms with Gasteiger partial charge < -0.3 is 0 Å². The summed E-state index contributed by atoms with van der Waals surface area (Å²) in [5, 5.41) is 0.518. The quantitative estimate of drug-likeness (QED) is 0.448.